The maximum atomic E-state index is 12.6. The quantitative estimate of drug-likeness (QED) is 0.558. The van der Waals surface area contributed by atoms with Crippen molar-refractivity contribution in [3.8, 4) is 16.9 Å². The van der Waals surface area contributed by atoms with E-state index in [-0.39, 0.29) is 17.9 Å². The SMILES string of the molecule is Cc1c(-c2ccc3c(c2)CCC2(CCN(C(=O)NOC4CCCCO4)CC2)O3)ccc2nccn12. The van der Waals surface area contributed by atoms with E-state index < -0.39 is 0 Å². The third-order valence-corrected chi connectivity index (χ3v) is 7.74. The minimum absolute atomic E-state index is 0.194. The van der Waals surface area contributed by atoms with E-state index in [0.29, 0.717) is 19.7 Å². The Balaban J connectivity index is 1.09. The maximum absolute atomic E-state index is 12.6. The van der Waals surface area contributed by atoms with Gasteiger partial charge >= 0.3 is 6.03 Å². The number of ether oxygens (including phenoxy) is 2. The van der Waals surface area contributed by atoms with Crippen molar-refractivity contribution in [2.24, 2.45) is 0 Å². The fraction of sp³-hybridized carbons (Fsp3) is 0.481. The summed E-state index contributed by atoms with van der Waals surface area (Å²) in [6.45, 7) is 4.12. The number of hydrogen-bond donors (Lipinski definition) is 1. The van der Waals surface area contributed by atoms with E-state index in [9.17, 15) is 4.79 Å². The average Bonchev–Trinajstić information content (AvgIpc) is 3.38. The van der Waals surface area contributed by atoms with Gasteiger partial charge in [0.05, 0.1) is 0 Å². The summed E-state index contributed by atoms with van der Waals surface area (Å²) in [5, 5.41) is 0. The fourth-order valence-corrected chi connectivity index (χ4v) is 5.58. The summed E-state index contributed by atoms with van der Waals surface area (Å²) < 4.78 is 14.2. The minimum atomic E-state index is -0.336. The number of carbonyl (C=O) groups excluding carboxylic acids is 1. The summed E-state index contributed by atoms with van der Waals surface area (Å²) in [6, 6.07) is 10.5. The molecular weight excluding hydrogens is 444 g/mol. The molecule has 0 bridgehead atoms. The van der Waals surface area contributed by atoms with Crippen molar-refractivity contribution in [1.29, 1.82) is 0 Å². The fourth-order valence-electron chi connectivity index (χ4n) is 5.58. The predicted molar refractivity (Wildman–Crippen MR) is 131 cm³/mol. The van der Waals surface area contributed by atoms with E-state index in [0.717, 1.165) is 56.3 Å². The molecule has 3 aromatic rings. The van der Waals surface area contributed by atoms with E-state index >= 15 is 0 Å². The Bertz CT molecular complexity index is 1230. The maximum Gasteiger partial charge on any atom is 0.341 e. The van der Waals surface area contributed by atoms with Crippen molar-refractivity contribution in [3.05, 3.63) is 54.0 Å². The molecule has 3 aliphatic heterocycles. The van der Waals surface area contributed by atoms with E-state index in [4.69, 9.17) is 14.3 Å². The van der Waals surface area contributed by atoms with Crippen LogP contribution in [-0.4, -0.2) is 51.9 Å². The van der Waals surface area contributed by atoms with Crippen molar-refractivity contribution < 1.29 is 19.1 Å². The molecule has 0 aliphatic carbocycles. The van der Waals surface area contributed by atoms with Gasteiger partial charge in [0.1, 0.15) is 17.0 Å². The molecule has 184 valence electrons. The molecule has 3 aliphatic rings. The molecule has 8 heteroatoms. The molecule has 35 heavy (non-hydrogen) atoms. The van der Waals surface area contributed by atoms with Crippen LogP contribution in [0.5, 0.6) is 5.75 Å². The summed E-state index contributed by atoms with van der Waals surface area (Å²) >= 11 is 0. The highest BCUT2D eigenvalue weighted by molar-refractivity contribution is 5.73. The summed E-state index contributed by atoms with van der Waals surface area (Å²) in [4.78, 5) is 24.2. The van der Waals surface area contributed by atoms with Gasteiger partial charge in [-0.15, -0.1) is 0 Å². The molecule has 2 saturated heterocycles. The standard InChI is InChI=1S/C27H32N4O4/c1-19-22(6-8-24-28-13-16-31(19)24)20-5-7-23-21(18-20)9-10-27(34-23)11-14-30(15-12-27)26(32)29-35-25-4-2-3-17-33-25/h5-8,13,16,18,25H,2-4,9-12,14-15,17H2,1H3,(H,29,32). The number of pyridine rings is 1. The highest BCUT2D eigenvalue weighted by atomic mass is 16.8. The van der Waals surface area contributed by atoms with Gasteiger partial charge in [0.2, 0.25) is 0 Å². The van der Waals surface area contributed by atoms with Gasteiger partial charge in [0.25, 0.3) is 0 Å². The van der Waals surface area contributed by atoms with Gasteiger partial charge in [0.15, 0.2) is 6.29 Å². The number of carbonyl (C=O) groups is 1. The van der Waals surface area contributed by atoms with E-state index in [1.165, 1.54) is 22.4 Å². The van der Waals surface area contributed by atoms with Crippen LogP contribution < -0.4 is 10.2 Å². The molecule has 8 nitrogen and oxygen atoms in total. The van der Waals surface area contributed by atoms with E-state index in [1.54, 1.807) is 0 Å². The molecule has 0 saturated carbocycles. The number of rotatable bonds is 3. The number of amides is 2. The topological polar surface area (TPSA) is 77.3 Å². The number of nitrogens with zero attached hydrogens (tertiary/aromatic N) is 3. The lowest BCUT2D eigenvalue weighted by molar-refractivity contribution is -0.188. The number of aryl methyl sites for hydroxylation is 2. The van der Waals surface area contributed by atoms with Gasteiger partial charge in [0, 0.05) is 62.6 Å². The zero-order valence-electron chi connectivity index (χ0n) is 20.2. The second-order valence-electron chi connectivity index (χ2n) is 9.90. The summed E-state index contributed by atoms with van der Waals surface area (Å²) in [7, 11) is 0. The first kappa shape index (κ1) is 22.4. The number of fused-ring (bicyclic) bond motifs is 2. The average molecular weight is 477 g/mol. The lowest BCUT2D eigenvalue weighted by atomic mass is 9.82. The van der Waals surface area contributed by atoms with Crippen LogP contribution in [0.4, 0.5) is 4.79 Å². The zero-order chi connectivity index (χ0) is 23.8. The van der Waals surface area contributed by atoms with Crippen LogP contribution in [0.1, 0.15) is 49.8 Å². The molecule has 0 radical (unpaired) electrons. The van der Waals surface area contributed by atoms with Crippen molar-refractivity contribution in [2.75, 3.05) is 19.7 Å². The van der Waals surface area contributed by atoms with Gasteiger partial charge in [-0.2, -0.15) is 0 Å². The van der Waals surface area contributed by atoms with Crippen LogP contribution in [-0.2, 0) is 16.0 Å². The number of aromatic nitrogens is 2. The van der Waals surface area contributed by atoms with E-state index in [2.05, 4.69) is 52.1 Å². The van der Waals surface area contributed by atoms with Crippen LogP contribution in [0.2, 0.25) is 0 Å². The van der Waals surface area contributed by atoms with Crippen LogP contribution in [0.3, 0.4) is 0 Å². The van der Waals surface area contributed by atoms with Crippen LogP contribution in [0.25, 0.3) is 16.8 Å². The first-order valence-corrected chi connectivity index (χ1v) is 12.7. The smallest absolute Gasteiger partial charge is 0.341 e. The van der Waals surface area contributed by atoms with Crippen LogP contribution >= 0.6 is 0 Å². The first-order chi connectivity index (χ1) is 17.1. The monoisotopic (exact) mass is 476 g/mol. The number of imidazole rings is 1. The number of benzene rings is 1. The second kappa shape index (κ2) is 9.17. The highest BCUT2D eigenvalue weighted by Crippen LogP contribution is 2.41. The largest absolute Gasteiger partial charge is 0.487 e. The molecule has 2 fully saturated rings. The normalized spacial score (nSPS) is 21.5. The van der Waals surface area contributed by atoms with Crippen molar-refractivity contribution in [2.45, 2.75) is 63.8 Å². The summed E-state index contributed by atoms with van der Waals surface area (Å²) in [5.74, 6) is 0.969. The summed E-state index contributed by atoms with van der Waals surface area (Å²) in [6.07, 6.45) is 10.00. The molecule has 1 atom stereocenters. The molecule has 6 rings (SSSR count). The zero-order valence-corrected chi connectivity index (χ0v) is 20.2. The molecule has 5 heterocycles. The van der Waals surface area contributed by atoms with Gasteiger partial charge < -0.3 is 18.8 Å². The molecule has 1 N–H and O–H groups in total. The van der Waals surface area contributed by atoms with Crippen molar-refractivity contribution in [1.82, 2.24) is 19.8 Å². The Hall–Kier alpha value is -3.10. The lowest BCUT2D eigenvalue weighted by Gasteiger charge is -2.44. The number of likely N-dealkylation sites (tertiary alicyclic amines) is 1. The Labute approximate surface area is 205 Å². The Kier molecular flexibility index (Phi) is 5.86. The number of piperidine rings is 1. The van der Waals surface area contributed by atoms with E-state index in [1.807, 2.05) is 17.3 Å². The number of nitrogens with one attached hydrogen (secondary N) is 1. The second-order valence-corrected chi connectivity index (χ2v) is 9.90. The number of urea groups is 1. The molecular formula is C27H32N4O4. The van der Waals surface area contributed by atoms with Crippen molar-refractivity contribution in [3.63, 3.8) is 0 Å². The van der Waals surface area contributed by atoms with Gasteiger partial charge in [-0.1, -0.05) is 6.07 Å². The Morgan fingerprint density at radius 3 is 2.89 bits per heavy atom. The third-order valence-electron chi connectivity index (χ3n) is 7.74. The predicted octanol–water partition coefficient (Wildman–Crippen LogP) is 4.64. The number of hydrogen-bond acceptors (Lipinski definition) is 5. The molecule has 1 aromatic carbocycles. The highest BCUT2D eigenvalue weighted by Gasteiger charge is 2.40. The van der Waals surface area contributed by atoms with Gasteiger partial charge in [-0.05, 0) is 68.0 Å². The molecule has 1 spiro atoms. The van der Waals surface area contributed by atoms with Crippen LogP contribution in [0, 0.1) is 6.92 Å². The summed E-state index contributed by atoms with van der Waals surface area (Å²) in [5.41, 5.74) is 8.17. The van der Waals surface area contributed by atoms with Crippen LogP contribution in [0.15, 0.2) is 42.7 Å². The van der Waals surface area contributed by atoms with Crippen molar-refractivity contribution >= 4 is 11.7 Å². The Morgan fingerprint density at radius 2 is 2.06 bits per heavy atom. The lowest BCUT2D eigenvalue weighted by Crippen LogP contribution is -2.53. The molecule has 2 amide bonds. The number of hydroxylamine groups is 1. The van der Waals surface area contributed by atoms with Gasteiger partial charge in [-0.25, -0.2) is 20.1 Å². The first-order valence-electron chi connectivity index (χ1n) is 12.7. The third kappa shape index (κ3) is 4.36. The molecule has 1 unspecified atom stereocenters. The molecule has 2 aromatic heterocycles. The van der Waals surface area contributed by atoms with Gasteiger partial charge in [-0.3, -0.25) is 0 Å². The Morgan fingerprint density at radius 1 is 1.17 bits per heavy atom. The minimum Gasteiger partial charge on any atom is -0.487 e.